The molecule has 0 bridgehead atoms. The van der Waals surface area contributed by atoms with Crippen molar-refractivity contribution >= 4 is 32.2 Å². The molecule has 2 aliphatic heterocycles. The number of halogens is 2. The van der Waals surface area contributed by atoms with Gasteiger partial charge in [0.1, 0.15) is 16.9 Å². The Hall–Kier alpha value is -3.11. The van der Waals surface area contributed by atoms with E-state index in [4.69, 9.17) is 9.47 Å². The van der Waals surface area contributed by atoms with E-state index in [1.807, 2.05) is 36.9 Å². The van der Waals surface area contributed by atoms with E-state index in [0.29, 0.717) is 54.1 Å². The molecule has 2 saturated heterocycles. The Balaban J connectivity index is 0.00000181. The van der Waals surface area contributed by atoms with Crippen molar-refractivity contribution in [3.05, 3.63) is 48.3 Å². The number of hydrogen-bond donors (Lipinski definition) is 0. The summed E-state index contributed by atoms with van der Waals surface area (Å²) in [5.41, 5.74) is 1.37. The molecule has 10 heteroatoms. The van der Waals surface area contributed by atoms with Crippen LogP contribution in [0.1, 0.15) is 45.6 Å². The molecule has 216 valence electrons. The number of pyridine rings is 2. The Kier molecular flexibility index (Phi) is 9.09. The zero-order valence-corrected chi connectivity index (χ0v) is 24.3. The SMILES string of the molecule is C=S(C)(=O)c1ncc(-c2ccnc3ccc(OC4CCN(C(=O)C5CCOCC5)C4)cc23)cc1C(C)(F)F.CC. The number of alkyl halides is 2. The molecule has 2 aliphatic rings. The molecule has 40 heavy (non-hydrogen) atoms. The molecule has 0 spiro atoms. The highest BCUT2D eigenvalue weighted by Crippen LogP contribution is 2.37. The van der Waals surface area contributed by atoms with Crippen LogP contribution in [0.15, 0.2) is 47.8 Å². The number of carbonyl (C=O) groups is 1. The number of aromatic nitrogens is 2. The molecule has 2 unspecified atom stereocenters. The molecule has 2 atom stereocenters. The Bertz CT molecular complexity index is 1470. The van der Waals surface area contributed by atoms with Crippen LogP contribution in [0.25, 0.3) is 22.0 Å². The standard InChI is InChI=1S/C28H31F2N3O4S.C2H6/c1-28(29,30)24-14-19(16-32-26(24)38(2,3)35)22-6-10-31-25-5-4-20(15-23(22)25)37-21-7-11-33(17-21)27(34)18-8-12-36-13-9-18;1-2/h4-6,10,14-16,18,21H,2,7-9,11-13,17H2,1,3H3;1-2H3. The summed E-state index contributed by atoms with van der Waals surface area (Å²) in [4.78, 5) is 23.3. The third-order valence-electron chi connectivity index (χ3n) is 7.09. The van der Waals surface area contributed by atoms with Gasteiger partial charge < -0.3 is 14.4 Å². The van der Waals surface area contributed by atoms with Crippen LogP contribution in [0.4, 0.5) is 8.78 Å². The van der Waals surface area contributed by atoms with Gasteiger partial charge in [-0.3, -0.25) is 14.0 Å². The van der Waals surface area contributed by atoms with Crippen molar-refractivity contribution in [3.63, 3.8) is 0 Å². The number of rotatable bonds is 6. The van der Waals surface area contributed by atoms with Crippen LogP contribution in [0.3, 0.4) is 0 Å². The highest BCUT2D eigenvalue weighted by atomic mass is 32.2. The number of ether oxygens (including phenoxy) is 2. The lowest BCUT2D eigenvalue weighted by atomic mass is 9.99. The third-order valence-corrected chi connectivity index (χ3v) is 8.23. The molecule has 4 heterocycles. The Morgan fingerprint density at radius 1 is 1.15 bits per heavy atom. The summed E-state index contributed by atoms with van der Waals surface area (Å²) in [5.74, 6) is 1.09. The average Bonchev–Trinajstić information content (AvgIpc) is 3.41. The quantitative estimate of drug-likeness (QED) is 0.360. The number of amides is 1. The number of carbonyl (C=O) groups excluding carboxylic acids is 1. The van der Waals surface area contributed by atoms with E-state index in [9.17, 15) is 17.8 Å². The summed E-state index contributed by atoms with van der Waals surface area (Å²) < 4.78 is 53.1. The van der Waals surface area contributed by atoms with Crippen molar-refractivity contribution in [2.24, 2.45) is 5.92 Å². The molecule has 0 aliphatic carbocycles. The van der Waals surface area contributed by atoms with Crippen LogP contribution in [0, 0.1) is 5.92 Å². The second-order valence-electron chi connectivity index (χ2n) is 10.2. The van der Waals surface area contributed by atoms with Crippen molar-refractivity contribution in [2.45, 2.75) is 57.1 Å². The normalized spacial score (nSPS) is 19.6. The van der Waals surface area contributed by atoms with Gasteiger partial charge in [0.15, 0.2) is 0 Å². The molecule has 5 rings (SSSR count). The fourth-order valence-electron chi connectivity index (χ4n) is 5.13. The summed E-state index contributed by atoms with van der Waals surface area (Å²) in [6.07, 6.45) is 6.46. The van der Waals surface area contributed by atoms with Gasteiger partial charge in [-0.2, -0.15) is 0 Å². The number of likely N-dealkylation sites (tertiary alicyclic amines) is 1. The molecule has 0 saturated carbocycles. The van der Waals surface area contributed by atoms with Crippen LogP contribution in [-0.4, -0.2) is 69.5 Å². The number of hydrogen-bond acceptors (Lipinski definition) is 6. The van der Waals surface area contributed by atoms with Crippen molar-refractivity contribution in [3.8, 4) is 16.9 Å². The summed E-state index contributed by atoms with van der Waals surface area (Å²) in [7, 11) is -2.95. The molecule has 7 nitrogen and oxygen atoms in total. The number of fused-ring (bicyclic) bond motifs is 1. The van der Waals surface area contributed by atoms with Crippen LogP contribution < -0.4 is 4.74 Å². The van der Waals surface area contributed by atoms with Crippen LogP contribution in [0.5, 0.6) is 5.75 Å². The zero-order chi connectivity index (χ0) is 29.1. The predicted molar refractivity (Wildman–Crippen MR) is 154 cm³/mol. The first-order chi connectivity index (χ1) is 19.0. The molecule has 0 radical (unpaired) electrons. The van der Waals surface area contributed by atoms with Gasteiger partial charge in [-0.15, -0.1) is 0 Å². The van der Waals surface area contributed by atoms with Crippen molar-refractivity contribution in [1.82, 2.24) is 14.9 Å². The van der Waals surface area contributed by atoms with Crippen molar-refractivity contribution < 1.29 is 27.3 Å². The first kappa shape index (κ1) is 29.9. The van der Waals surface area contributed by atoms with Crippen LogP contribution >= 0.6 is 0 Å². The second kappa shape index (κ2) is 12.2. The van der Waals surface area contributed by atoms with Gasteiger partial charge in [-0.25, -0.2) is 13.8 Å². The molecule has 2 fully saturated rings. The fraction of sp³-hybridized carbons (Fsp3) is 0.467. The minimum Gasteiger partial charge on any atom is -0.488 e. The molecule has 0 N–H and O–H groups in total. The van der Waals surface area contributed by atoms with E-state index in [0.717, 1.165) is 26.2 Å². The van der Waals surface area contributed by atoms with Gasteiger partial charge in [0.05, 0.1) is 17.6 Å². The number of benzene rings is 1. The zero-order valence-electron chi connectivity index (χ0n) is 23.5. The Morgan fingerprint density at radius 2 is 1.88 bits per heavy atom. The molecule has 3 aromatic rings. The highest BCUT2D eigenvalue weighted by molar-refractivity contribution is 7.99. The largest absolute Gasteiger partial charge is 0.488 e. The second-order valence-corrected chi connectivity index (χ2v) is 12.6. The van der Waals surface area contributed by atoms with Crippen LogP contribution in [-0.2, 0) is 25.0 Å². The van der Waals surface area contributed by atoms with E-state index >= 15 is 0 Å². The summed E-state index contributed by atoms with van der Waals surface area (Å²) in [5, 5.41) is 0.516. The lowest BCUT2D eigenvalue weighted by molar-refractivity contribution is -0.137. The lowest BCUT2D eigenvalue weighted by Crippen LogP contribution is -2.38. The first-order valence-corrected chi connectivity index (χ1v) is 15.8. The van der Waals surface area contributed by atoms with Crippen LogP contribution in [0.2, 0.25) is 0 Å². The van der Waals surface area contributed by atoms with Gasteiger partial charge in [0, 0.05) is 78.1 Å². The lowest BCUT2D eigenvalue weighted by Gasteiger charge is -2.26. The van der Waals surface area contributed by atoms with Gasteiger partial charge >= 0.3 is 0 Å². The maximum atomic E-state index is 14.5. The number of nitrogens with zero attached hydrogens (tertiary/aromatic N) is 3. The minimum atomic E-state index is -3.25. The Morgan fingerprint density at radius 3 is 2.55 bits per heavy atom. The van der Waals surface area contributed by atoms with E-state index in [1.165, 1.54) is 18.5 Å². The van der Waals surface area contributed by atoms with Gasteiger partial charge in [0.25, 0.3) is 5.92 Å². The maximum Gasteiger partial charge on any atom is 0.273 e. The topological polar surface area (TPSA) is 81.6 Å². The average molecular weight is 574 g/mol. The van der Waals surface area contributed by atoms with Gasteiger partial charge in [0.2, 0.25) is 5.91 Å². The van der Waals surface area contributed by atoms with Crippen molar-refractivity contribution in [1.29, 1.82) is 0 Å². The summed E-state index contributed by atoms with van der Waals surface area (Å²) >= 11 is 0. The van der Waals surface area contributed by atoms with Gasteiger partial charge in [-0.1, -0.05) is 13.8 Å². The summed E-state index contributed by atoms with van der Waals surface area (Å²) in [6.45, 7) is 7.19. The molecule has 1 aromatic carbocycles. The third kappa shape index (κ3) is 6.61. The molecule has 1 amide bonds. The molecular weight excluding hydrogens is 536 g/mol. The monoisotopic (exact) mass is 573 g/mol. The fourth-order valence-corrected chi connectivity index (χ4v) is 6.11. The van der Waals surface area contributed by atoms with Crippen molar-refractivity contribution in [2.75, 3.05) is 32.6 Å². The smallest absolute Gasteiger partial charge is 0.273 e. The highest BCUT2D eigenvalue weighted by Gasteiger charge is 2.33. The predicted octanol–water partition coefficient (Wildman–Crippen LogP) is 5.55. The van der Waals surface area contributed by atoms with E-state index in [1.54, 1.807) is 12.3 Å². The molecular formula is C30H37F2N3O4S. The minimum absolute atomic E-state index is 0.0155. The van der Waals surface area contributed by atoms with E-state index < -0.39 is 21.0 Å². The Labute approximate surface area is 234 Å². The summed E-state index contributed by atoms with van der Waals surface area (Å²) in [6, 6.07) is 8.54. The first-order valence-electron chi connectivity index (χ1n) is 13.6. The van der Waals surface area contributed by atoms with E-state index in [-0.39, 0.29) is 23.0 Å². The van der Waals surface area contributed by atoms with Gasteiger partial charge in [-0.05, 0) is 54.6 Å². The maximum absolute atomic E-state index is 14.5. The van der Waals surface area contributed by atoms with E-state index in [2.05, 4.69) is 15.8 Å². The molecule has 2 aromatic heterocycles.